The predicted molar refractivity (Wildman–Crippen MR) is 82.6 cm³/mol. The lowest BCUT2D eigenvalue weighted by Gasteiger charge is -2.02. The van der Waals surface area contributed by atoms with Gasteiger partial charge in [-0.2, -0.15) is 0 Å². The molecule has 2 aromatic heterocycles. The molecule has 0 saturated carbocycles. The highest BCUT2D eigenvalue weighted by atomic mass is 32.1. The van der Waals surface area contributed by atoms with Crippen molar-refractivity contribution in [2.24, 2.45) is 0 Å². The van der Waals surface area contributed by atoms with E-state index >= 15 is 0 Å². The fraction of sp³-hybridized carbons (Fsp3) is 0. The molecule has 2 heterocycles. The summed E-state index contributed by atoms with van der Waals surface area (Å²) in [6, 6.07) is 21.1. The molecule has 0 radical (unpaired) electrons. The van der Waals surface area contributed by atoms with Gasteiger partial charge in [0.2, 0.25) is 0 Å². The van der Waals surface area contributed by atoms with E-state index < -0.39 is 0 Å². The molecule has 0 amide bonds. The third kappa shape index (κ3) is 1.65. The Labute approximate surface area is 115 Å². The SMILES string of the molecule is c1ccc(-c2cccc3c2sc2cccnc23)cc1. The molecule has 0 aliphatic carbocycles. The third-order valence-electron chi connectivity index (χ3n) is 3.34. The highest BCUT2D eigenvalue weighted by Crippen LogP contribution is 2.38. The summed E-state index contributed by atoms with van der Waals surface area (Å²) in [5.74, 6) is 0. The highest BCUT2D eigenvalue weighted by Gasteiger charge is 2.09. The monoisotopic (exact) mass is 261 g/mol. The van der Waals surface area contributed by atoms with Crippen LogP contribution in [0.25, 0.3) is 31.4 Å². The minimum atomic E-state index is 1.11. The zero-order valence-corrected chi connectivity index (χ0v) is 11.0. The van der Waals surface area contributed by atoms with Crippen LogP contribution in [-0.4, -0.2) is 4.98 Å². The summed E-state index contributed by atoms with van der Waals surface area (Å²) in [5, 5.41) is 1.25. The first-order valence-electron chi connectivity index (χ1n) is 6.25. The molecule has 0 aliphatic rings. The smallest absolute Gasteiger partial charge is 0.0888 e. The number of thiophene rings is 1. The third-order valence-corrected chi connectivity index (χ3v) is 4.53. The summed E-state index contributed by atoms with van der Waals surface area (Å²) >= 11 is 1.82. The van der Waals surface area contributed by atoms with Gasteiger partial charge >= 0.3 is 0 Å². The van der Waals surface area contributed by atoms with Crippen molar-refractivity contribution < 1.29 is 0 Å². The second kappa shape index (κ2) is 4.18. The van der Waals surface area contributed by atoms with Crippen LogP contribution in [0.2, 0.25) is 0 Å². The van der Waals surface area contributed by atoms with Crippen molar-refractivity contribution in [3.05, 3.63) is 66.9 Å². The normalized spacial score (nSPS) is 11.2. The van der Waals surface area contributed by atoms with Crippen molar-refractivity contribution >= 4 is 31.6 Å². The number of aromatic nitrogens is 1. The van der Waals surface area contributed by atoms with E-state index in [2.05, 4.69) is 59.6 Å². The first kappa shape index (κ1) is 10.7. The van der Waals surface area contributed by atoms with E-state index in [0.29, 0.717) is 0 Å². The van der Waals surface area contributed by atoms with Gasteiger partial charge in [-0.3, -0.25) is 4.98 Å². The van der Waals surface area contributed by atoms with Crippen molar-refractivity contribution in [2.75, 3.05) is 0 Å². The van der Waals surface area contributed by atoms with Crippen LogP contribution in [0.4, 0.5) is 0 Å². The quantitative estimate of drug-likeness (QED) is 0.463. The molecular weight excluding hydrogens is 250 g/mol. The molecule has 0 unspecified atom stereocenters. The summed E-state index contributed by atoms with van der Waals surface area (Å²) < 4.78 is 2.57. The minimum absolute atomic E-state index is 1.11. The maximum absolute atomic E-state index is 4.51. The van der Waals surface area contributed by atoms with E-state index in [-0.39, 0.29) is 0 Å². The van der Waals surface area contributed by atoms with E-state index in [0.717, 1.165) is 5.52 Å². The molecule has 2 aromatic carbocycles. The number of nitrogens with zero attached hydrogens (tertiary/aromatic N) is 1. The first-order chi connectivity index (χ1) is 9.43. The number of hydrogen-bond donors (Lipinski definition) is 0. The van der Waals surface area contributed by atoms with Crippen molar-refractivity contribution in [2.45, 2.75) is 0 Å². The Kier molecular flexibility index (Phi) is 2.35. The lowest BCUT2D eigenvalue weighted by Crippen LogP contribution is -1.77. The zero-order chi connectivity index (χ0) is 12.7. The molecule has 2 heteroatoms. The van der Waals surface area contributed by atoms with Crippen LogP contribution >= 0.6 is 11.3 Å². The average Bonchev–Trinajstić information content (AvgIpc) is 2.87. The van der Waals surface area contributed by atoms with Crippen LogP contribution in [0.3, 0.4) is 0 Å². The number of pyridine rings is 1. The maximum Gasteiger partial charge on any atom is 0.0888 e. The second-order valence-electron chi connectivity index (χ2n) is 4.50. The molecule has 0 saturated heterocycles. The molecule has 0 atom stereocenters. The Hall–Kier alpha value is -2.19. The number of hydrogen-bond acceptors (Lipinski definition) is 2. The van der Waals surface area contributed by atoms with Gasteiger partial charge < -0.3 is 0 Å². The van der Waals surface area contributed by atoms with E-state index in [1.165, 1.54) is 25.9 Å². The van der Waals surface area contributed by atoms with Crippen LogP contribution in [0.15, 0.2) is 66.9 Å². The Morgan fingerprint density at radius 1 is 0.789 bits per heavy atom. The van der Waals surface area contributed by atoms with Gasteiger partial charge in [0.05, 0.1) is 10.2 Å². The molecule has 0 bridgehead atoms. The molecule has 0 fully saturated rings. The van der Waals surface area contributed by atoms with Crippen LogP contribution in [-0.2, 0) is 0 Å². The lowest BCUT2D eigenvalue weighted by molar-refractivity contribution is 1.44. The molecule has 0 N–H and O–H groups in total. The number of benzene rings is 2. The van der Waals surface area contributed by atoms with Gasteiger partial charge in [0, 0.05) is 16.3 Å². The fourth-order valence-electron chi connectivity index (χ4n) is 2.46. The molecule has 4 aromatic rings. The molecule has 1 nitrogen and oxygen atoms in total. The zero-order valence-electron chi connectivity index (χ0n) is 10.2. The minimum Gasteiger partial charge on any atom is -0.255 e. The first-order valence-corrected chi connectivity index (χ1v) is 7.07. The van der Waals surface area contributed by atoms with Crippen molar-refractivity contribution in [3.63, 3.8) is 0 Å². The van der Waals surface area contributed by atoms with Crippen molar-refractivity contribution in [1.82, 2.24) is 4.98 Å². The summed E-state index contributed by atoms with van der Waals surface area (Å²) in [6.45, 7) is 0. The van der Waals surface area contributed by atoms with E-state index in [9.17, 15) is 0 Å². The molecular formula is C17H11NS. The Balaban J connectivity index is 2.13. The van der Waals surface area contributed by atoms with E-state index in [1.807, 2.05) is 23.6 Å². The number of rotatable bonds is 1. The van der Waals surface area contributed by atoms with Gasteiger partial charge in [0.25, 0.3) is 0 Å². The fourth-order valence-corrected chi connectivity index (χ4v) is 3.66. The van der Waals surface area contributed by atoms with Crippen molar-refractivity contribution in [1.29, 1.82) is 0 Å². The molecule has 0 aliphatic heterocycles. The Morgan fingerprint density at radius 3 is 2.58 bits per heavy atom. The second-order valence-corrected chi connectivity index (χ2v) is 5.55. The molecule has 0 spiro atoms. The number of fused-ring (bicyclic) bond motifs is 3. The lowest BCUT2D eigenvalue weighted by atomic mass is 10.0. The Morgan fingerprint density at radius 2 is 1.68 bits per heavy atom. The molecule has 19 heavy (non-hydrogen) atoms. The summed E-state index contributed by atoms with van der Waals surface area (Å²) in [4.78, 5) is 4.51. The van der Waals surface area contributed by atoms with Gasteiger partial charge in [-0.05, 0) is 23.3 Å². The van der Waals surface area contributed by atoms with Crippen molar-refractivity contribution in [3.8, 4) is 11.1 Å². The van der Waals surface area contributed by atoms with E-state index in [1.54, 1.807) is 0 Å². The van der Waals surface area contributed by atoms with E-state index in [4.69, 9.17) is 0 Å². The van der Waals surface area contributed by atoms with Gasteiger partial charge in [0.1, 0.15) is 0 Å². The van der Waals surface area contributed by atoms with Gasteiger partial charge in [-0.25, -0.2) is 0 Å². The molecule has 90 valence electrons. The standard InChI is InChI=1S/C17H11NS/c1-2-6-12(7-3-1)13-8-4-9-14-16-15(19-17(13)14)10-5-11-18-16/h1-11H. The van der Waals surface area contributed by atoms with Gasteiger partial charge in [0.15, 0.2) is 0 Å². The Bertz CT molecular complexity index is 862. The summed E-state index contributed by atoms with van der Waals surface area (Å²) in [5.41, 5.74) is 3.67. The average molecular weight is 261 g/mol. The topological polar surface area (TPSA) is 12.9 Å². The highest BCUT2D eigenvalue weighted by molar-refractivity contribution is 7.26. The largest absolute Gasteiger partial charge is 0.255 e. The van der Waals surface area contributed by atoms with Crippen LogP contribution < -0.4 is 0 Å². The molecule has 4 rings (SSSR count). The van der Waals surface area contributed by atoms with Gasteiger partial charge in [-0.15, -0.1) is 11.3 Å². The van der Waals surface area contributed by atoms with Crippen LogP contribution in [0, 0.1) is 0 Å². The summed E-state index contributed by atoms with van der Waals surface area (Å²) in [6.07, 6.45) is 1.86. The predicted octanol–water partition coefficient (Wildman–Crippen LogP) is 5.12. The van der Waals surface area contributed by atoms with Gasteiger partial charge in [-0.1, -0.05) is 48.5 Å². The maximum atomic E-state index is 4.51. The van der Waals surface area contributed by atoms with Crippen LogP contribution in [0.1, 0.15) is 0 Å². The summed E-state index contributed by atoms with van der Waals surface area (Å²) in [7, 11) is 0. The van der Waals surface area contributed by atoms with Crippen LogP contribution in [0.5, 0.6) is 0 Å².